The minimum atomic E-state index is -0.280. The molecule has 4 nitrogen and oxygen atoms in total. The molecule has 0 saturated carbocycles. The molecule has 0 aliphatic carbocycles. The molecule has 0 spiro atoms. The van der Waals surface area contributed by atoms with Crippen LogP contribution in [0.1, 0.15) is 12.5 Å². The second kappa shape index (κ2) is 4.57. The van der Waals surface area contributed by atoms with Gasteiger partial charge in [0, 0.05) is 5.57 Å². The van der Waals surface area contributed by atoms with Gasteiger partial charge in [-0.2, -0.15) is 16.3 Å². The Hall–Kier alpha value is -1.62. The highest BCUT2D eigenvalue weighted by molar-refractivity contribution is 7.08. The van der Waals surface area contributed by atoms with Crippen molar-refractivity contribution in [1.82, 2.24) is 0 Å². The van der Waals surface area contributed by atoms with Crippen molar-refractivity contribution in [2.45, 2.75) is 6.92 Å². The minimum absolute atomic E-state index is 0.276. The predicted octanol–water partition coefficient (Wildman–Crippen LogP) is 1.40. The molecule has 0 unspecified atom stereocenters. The molecular weight excluding hydrogens is 196 g/mol. The van der Waals surface area contributed by atoms with E-state index in [1.54, 1.807) is 11.3 Å². The first kappa shape index (κ1) is 10.5. The van der Waals surface area contributed by atoms with Crippen molar-refractivity contribution < 1.29 is 0 Å². The number of aliphatic imine (C=N–C) groups is 1. The van der Waals surface area contributed by atoms with Crippen molar-refractivity contribution in [2.75, 3.05) is 0 Å². The number of rotatable bonds is 2. The first-order valence-corrected chi connectivity index (χ1v) is 4.97. The number of hydrogen-bond acceptors (Lipinski definition) is 2. The number of hydrogen-bond donors (Lipinski definition) is 3. The van der Waals surface area contributed by atoms with Gasteiger partial charge < -0.3 is 11.5 Å². The SMILES string of the molecule is C/C=C(/C(N)=NC(=N)N)c1ccsc1. The van der Waals surface area contributed by atoms with Crippen molar-refractivity contribution in [3.05, 3.63) is 28.5 Å². The van der Waals surface area contributed by atoms with E-state index in [1.165, 1.54) is 0 Å². The summed E-state index contributed by atoms with van der Waals surface area (Å²) in [5.74, 6) is -0.00419. The molecule has 0 bridgehead atoms. The van der Waals surface area contributed by atoms with Gasteiger partial charge in [0.25, 0.3) is 0 Å². The number of allylic oxidation sites excluding steroid dienone is 1. The fourth-order valence-corrected chi connectivity index (χ4v) is 1.73. The Balaban J connectivity index is 3.01. The van der Waals surface area contributed by atoms with E-state index in [9.17, 15) is 0 Å². The third-order valence-electron chi connectivity index (χ3n) is 1.64. The fourth-order valence-electron chi connectivity index (χ4n) is 1.07. The molecule has 0 fully saturated rings. The molecule has 74 valence electrons. The molecule has 1 rings (SSSR count). The summed E-state index contributed by atoms with van der Waals surface area (Å²) in [6.45, 7) is 1.87. The summed E-state index contributed by atoms with van der Waals surface area (Å²) >= 11 is 1.58. The monoisotopic (exact) mass is 208 g/mol. The summed E-state index contributed by atoms with van der Waals surface area (Å²) in [7, 11) is 0. The van der Waals surface area contributed by atoms with Gasteiger partial charge in [-0.15, -0.1) is 0 Å². The van der Waals surface area contributed by atoms with Gasteiger partial charge in [-0.3, -0.25) is 5.41 Å². The van der Waals surface area contributed by atoms with Gasteiger partial charge >= 0.3 is 0 Å². The van der Waals surface area contributed by atoms with Crippen LogP contribution < -0.4 is 11.5 Å². The van der Waals surface area contributed by atoms with Crippen LogP contribution in [0.15, 0.2) is 27.9 Å². The van der Waals surface area contributed by atoms with E-state index in [1.807, 2.05) is 29.8 Å². The maximum Gasteiger partial charge on any atom is 0.214 e. The molecule has 5 heteroatoms. The first-order chi connectivity index (χ1) is 6.65. The van der Waals surface area contributed by atoms with Crippen molar-refractivity contribution in [3.8, 4) is 0 Å². The Morgan fingerprint density at radius 1 is 1.57 bits per heavy atom. The van der Waals surface area contributed by atoms with Crippen LogP contribution in [0.5, 0.6) is 0 Å². The first-order valence-electron chi connectivity index (χ1n) is 4.02. The summed E-state index contributed by atoms with van der Waals surface area (Å²) in [4.78, 5) is 3.70. The summed E-state index contributed by atoms with van der Waals surface area (Å²) in [6.07, 6.45) is 1.85. The Labute approximate surface area is 86.5 Å². The number of amidine groups is 1. The van der Waals surface area contributed by atoms with Crippen LogP contribution in [0.4, 0.5) is 0 Å². The quantitative estimate of drug-likeness (QED) is 0.506. The average Bonchev–Trinajstić information content (AvgIpc) is 2.57. The lowest BCUT2D eigenvalue weighted by Crippen LogP contribution is -2.19. The Bertz CT molecular complexity index is 376. The smallest absolute Gasteiger partial charge is 0.214 e. The van der Waals surface area contributed by atoms with E-state index < -0.39 is 0 Å². The molecule has 0 aliphatic heterocycles. The van der Waals surface area contributed by atoms with E-state index in [4.69, 9.17) is 16.9 Å². The van der Waals surface area contributed by atoms with E-state index >= 15 is 0 Å². The molecule has 1 aromatic rings. The van der Waals surface area contributed by atoms with Crippen molar-refractivity contribution in [2.24, 2.45) is 16.5 Å². The lowest BCUT2D eigenvalue weighted by Gasteiger charge is -2.03. The maximum absolute atomic E-state index is 7.00. The van der Waals surface area contributed by atoms with Crippen LogP contribution in [0.3, 0.4) is 0 Å². The van der Waals surface area contributed by atoms with Crippen LogP contribution in [0, 0.1) is 5.41 Å². The van der Waals surface area contributed by atoms with Gasteiger partial charge in [0.2, 0.25) is 5.96 Å². The molecule has 14 heavy (non-hydrogen) atoms. The van der Waals surface area contributed by atoms with Crippen LogP contribution >= 0.6 is 11.3 Å². The molecule has 0 aromatic carbocycles. The number of nitrogens with one attached hydrogen (secondary N) is 1. The van der Waals surface area contributed by atoms with Gasteiger partial charge in [0.15, 0.2) is 0 Å². The van der Waals surface area contributed by atoms with Crippen molar-refractivity contribution in [3.63, 3.8) is 0 Å². The Morgan fingerprint density at radius 3 is 2.71 bits per heavy atom. The lowest BCUT2D eigenvalue weighted by atomic mass is 10.1. The zero-order chi connectivity index (χ0) is 10.6. The van der Waals surface area contributed by atoms with E-state index in [0.29, 0.717) is 0 Å². The van der Waals surface area contributed by atoms with Crippen molar-refractivity contribution in [1.29, 1.82) is 5.41 Å². The van der Waals surface area contributed by atoms with Gasteiger partial charge in [0.05, 0.1) is 0 Å². The van der Waals surface area contributed by atoms with Gasteiger partial charge in [-0.05, 0) is 29.3 Å². The minimum Gasteiger partial charge on any atom is -0.383 e. The molecule has 1 aromatic heterocycles. The average molecular weight is 208 g/mol. The molecule has 5 N–H and O–H groups in total. The Morgan fingerprint density at radius 2 is 2.29 bits per heavy atom. The molecule has 1 heterocycles. The highest BCUT2D eigenvalue weighted by Crippen LogP contribution is 2.17. The highest BCUT2D eigenvalue weighted by Gasteiger charge is 2.05. The summed E-state index contributed by atoms with van der Waals surface area (Å²) in [6, 6.07) is 1.95. The number of nitrogens with two attached hydrogens (primary N) is 2. The van der Waals surface area contributed by atoms with Gasteiger partial charge in [-0.25, -0.2) is 0 Å². The van der Waals surface area contributed by atoms with Gasteiger partial charge in [-0.1, -0.05) is 6.08 Å². The number of guanidine groups is 1. The second-order valence-corrected chi connectivity index (χ2v) is 3.38. The predicted molar refractivity (Wildman–Crippen MR) is 61.5 cm³/mol. The molecule has 0 aliphatic rings. The summed E-state index contributed by atoms with van der Waals surface area (Å²) in [5.41, 5.74) is 12.6. The topological polar surface area (TPSA) is 88.2 Å². The van der Waals surface area contributed by atoms with Crippen LogP contribution in [0.25, 0.3) is 5.57 Å². The number of thiophene rings is 1. The summed E-state index contributed by atoms with van der Waals surface area (Å²) < 4.78 is 0. The largest absolute Gasteiger partial charge is 0.383 e. The van der Waals surface area contributed by atoms with E-state index in [-0.39, 0.29) is 11.8 Å². The zero-order valence-corrected chi connectivity index (χ0v) is 8.64. The molecule has 0 amide bonds. The molecule has 0 saturated heterocycles. The molecule has 0 radical (unpaired) electrons. The number of nitrogens with zero attached hydrogens (tertiary/aromatic N) is 1. The Kier molecular flexibility index (Phi) is 3.41. The van der Waals surface area contributed by atoms with Crippen molar-refractivity contribution >= 4 is 28.7 Å². The maximum atomic E-state index is 7.00. The third-order valence-corrected chi connectivity index (χ3v) is 2.32. The zero-order valence-electron chi connectivity index (χ0n) is 7.82. The molecular formula is C9H12N4S. The standard InChI is InChI=1S/C9H12N4S/c1-2-7(6-3-4-14-5-6)8(10)13-9(11)12/h2-5H,1H3,(H5,10,11,12,13)/b7-2+. The van der Waals surface area contributed by atoms with Crippen LogP contribution in [-0.2, 0) is 0 Å². The van der Waals surface area contributed by atoms with E-state index in [0.717, 1.165) is 11.1 Å². The lowest BCUT2D eigenvalue weighted by molar-refractivity contribution is 1.37. The highest BCUT2D eigenvalue weighted by atomic mass is 32.1. The fraction of sp³-hybridized carbons (Fsp3) is 0.111. The normalized spacial score (nSPS) is 12.9. The van der Waals surface area contributed by atoms with Gasteiger partial charge in [0.1, 0.15) is 5.84 Å². The molecule has 0 atom stereocenters. The van der Waals surface area contributed by atoms with E-state index in [2.05, 4.69) is 4.99 Å². The summed E-state index contributed by atoms with van der Waals surface area (Å²) in [5, 5.41) is 10.9. The van der Waals surface area contributed by atoms with Crippen LogP contribution in [-0.4, -0.2) is 11.8 Å². The second-order valence-electron chi connectivity index (χ2n) is 2.60. The van der Waals surface area contributed by atoms with Crippen LogP contribution in [0.2, 0.25) is 0 Å². The third kappa shape index (κ3) is 2.43.